The molecule has 68 valence electrons. The van der Waals surface area contributed by atoms with E-state index in [4.69, 9.17) is 0 Å². The van der Waals surface area contributed by atoms with E-state index in [0.29, 0.717) is 11.3 Å². The largest absolute Gasteiger partial charge is 0.359 e. The number of rotatable bonds is 1. The van der Waals surface area contributed by atoms with E-state index in [2.05, 4.69) is 18.8 Å². The molecule has 2 heteroatoms. The lowest BCUT2D eigenvalue weighted by Crippen LogP contribution is -1.85. The van der Waals surface area contributed by atoms with Crippen molar-refractivity contribution in [2.45, 2.75) is 19.8 Å². The standard InChI is InChI=1S/C11H12FN/c1-7(2)8-3-4-9-10(12)6-13-11(9)5-8/h3-7,13H,1-2H3. The molecule has 1 nitrogen and oxygen atoms in total. The molecule has 0 fully saturated rings. The lowest BCUT2D eigenvalue weighted by molar-refractivity contribution is 0.639. The van der Waals surface area contributed by atoms with Crippen molar-refractivity contribution < 1.29 is 4.39 Å². The minimum atomic E-state index is -0.176. The van der Waals surface area contributed by atoms with E-state index in [-0.39, 0.29) is 5.82 Å². The number of nitrogens with one attached hydrogen (secondary N) is 1. The number of aromatic nitrogens is 1. The monoisotopic (exact) mass is 177 g/mol. The van der Waals surface area contributed by atoms with Crippen molar-refractivity contribution >= 4 is 10.9 Å². The Bertz CT molecular complexity index is 429. The average Bonchev–Trinajstić information content (AvgIpc) is 2.47. The number of hydrogen-bond donors (Lipinski definition) is 1. The SMILES string of the molecule is CC(C)c1ccc2c(F)c[nH]c2c1. The first-order chi connectivity index (χ1) is 6.18. The Kier molecular flexibility index (Phi) is 1.83. The van der Waals surface area contributed by atoms with Gasteiger partial charge in [-0.3, -0.25) is 0 Å². The van der Waals surface area contributed by atoms with Gasteiger partial charge in [0.15, 0.2) is 0 Å². The minimum absolute atomic E-state index is 0.176. The van der Waals surface area contributed by atoms with Crippen LogP contribution in [0.3, 0.4) is 0 Å². The van der Waals surface area contributed by atoms with E-state index in [1.165, 1.54) is 11.8 Å². The van der Waals surface area contributed by atoms with Crippen LogP contribution in [0.15, 0.2) is 24.4 Å². The van der Waals surface area contributed by atoms with Gasteiger partial charge in [-0.05, 0) is 23.6 Å². The number of hydrogen-bond acceptors (Lipinski definition) is 0. The number of aromatic amines is 1. The van der Waals surface area contributed by atoms with Crippen LogP contribution in [0, 0.1) is 5.82 Å². The Morgan fingerprint density at radius 1 is 1.31 bits per heavy atom. The second-order valence-corrected chi connectivity index (χ2v) is 3.60. The zero-order valence-electron chi connectivity index (χ0n) is 7.76. The molecule has 0 radical (unpaired) electrons. The maximum absolute atomic E-state index is 13.0. The van der Waals surface area contributed by atoms with Crippen LogP contribution in [0.1, 0.15) is 25.3 Å². The quantitative estimate of drug-likeness (QED) is 0.686. The Balaban J connectivity index is 2.63. The van der Waals surface area contributed by atoms with Crippen molar-refractivity contribution in [3.05, 3.63) is 35.8 Å². The van der Waals surface area contributed by atoms with Crippen LogP contribution in [0.25, 0.3) is 10.9 Å². The average molecular weight is 177 g/mol. The normalized spacial score (nSPS) is 11.4. The van der Waals surface area contributed by atoms with E-state index in [9.17, 15) is 4.39 Å². The first kappa shape index (κ1) is 8.30. The summed E-state index contributed by atoms with van der Waals surface area (Å²) in [5, 5.41) is 0.671. The van der Waals surface area contributed by atoms with Crippen molar-refractivity contribution in [3.8, 4) is 0 Å². The maximum atomic E-state index is 13.0. The summed E-state index contributed by atoms with van der Waals surface area (Å²) in [4.78, 5) is 2.91. The first-order valence-corrected chi connectivity index (χ1v) is 4.45. The van der Waals surface area contributed by atoms with Gasteiger partial charge in [-0.25, -0.2) is 4.39 Å². The third-order valence-electron chi connectivity index (χ3n) is 2.32. The molecule has 1 aromatic carbocycles. The summed E-state index contributed by atoms with van der Waals surface area (Å²) in [7, 11) is 0. The van der Waals surface area contributed by atoms with E-state index >= 15 is 0 Å². The van der Waals surface area contributed by atoms with Gasteiger partial charge in [0.1, 0.15) is 5.82 Å². The maximum Gasteiger partial charge on any atom is 0.148 e. The fourth-order valence-corrected chi connectivity index (χ4v) is 1.47. The molecule has 0 saturated carbocycles. The van der Waals surface area contributed by atoms with Crippen LogP contribution in [-0.4, -0.2) is 4.98 Å². The highest BCUT2D eigenvalue weighted by Crippen LogP contribution is 2.22. The number of H-pyrrole nitrogens is 1. The van der Waals surface area contributed by atoms with Gasteiger partial charge in [-0.1, -0.05) is 19.9 Å². The van der Waals surface area contributed by atoms with Gasteiger partial charge in [-0.15, -0.1) is 0 Å². The molecular weight excluding hydrogens is 165 g/mol. The summed E-state index contributed by atoms with van der Waals surface area (Å²) in [6, 6.07) is 5.81. The predicted octanol–water partition coefficient (Wildman–Crippen LogP) is 3.43. The minimum Gasteiger partial charge on any atom is -0.359 e. The first-order valence-electron chi connectivity index (χ1n) is 4.45. The van der Waals surface area contributed by atoms with Gasteiger partial charge in [0, 0.05) is 17.1 Å². The van der Waals surface area contributed by atoms with Crippen LogP contribution >= 0.6 is 0 Å². The Hall–Kier alpha value is -1.31. The molecule has 0 unspecified atom stereocenters. The lowest BCUT2D eigenvalue weighted by atomic mass is 10.0. The molecule has 1 aromatic heterocycles. The van der Waals surface area contributed by atoms with Crippen molar-refractivity contribution in [2.24, 2.45) is 0 Å². The molecule has 0 saturated heterocycles. The van der Waals surface area contributed by atoms with Gasteiger partial charge >= 0.3 is 0 Å². The second kappa shape index (κ2) is 2.87. The van der Waals surface area contributed by atoms with Crippen molar-refractivity contribution in [2.75, 3.05) is 0 Å². The summed E-state index contributed by atoms with van der Waals surface area (Å²) in [6.07, 6.45) is 1.40. The molecule has 0 spiro atoms. The van der Waals surface area contributed by atoms with Crippen LogP contribution in [0.4, 0.5) is 4.39 Å². The summed E-state index contributed by atoms with van der Waals surface area (Å²) >= 11 is 0. The van der Waals surface area contributed by atoms with E-state index < -0.39 is 0 Å². The van der Waals surface area contributed by atoms with Crippen molar-refractivity contribution in [1.29, 1.82) is 0 Å². The molecule has 0 atom stereocenters. The Morgan fingerprint density at radius 3 is 2.77 bits per heavy atom. The molecule has 0 aliphatic heterocycles. The summed E-state index contributed by atoms with van der Waals surface area (Å²) in [5.74, 6) is 0.307. The number of fused-ring (bicyclic) bond motifs is 1. The lowest BCUT2D eigenvalue weighted by Gasteiger charge is -2.04. The molecule has 0 amide bonds. The number of halogens is 1. The molecular formula is C11H12FN. The van der Waals surface area contributed by atoms with Crippen molar-refractivity contribution in [3.63, 3.8) is 0 Å². The van der Waals surface area contributed by atoms with E-state index in [0.717, 1.165) is 5.52 Å². The van der Waals surface area contributed by atoms with Gasteiger partial charge in [0.25, 0.3) is 0 Å². The van der Waals surface area contributed by atoms with Crippen LogP contribution < -0.4 is 0 Å². The molecule has 13 heavy (non-hydrogen) atoms. The third-order valence-corrected chi connectivity index (χ3v) is 2.32. The van der Waals surface area contributed by atoms with Crippen molar-refractivity contribution in [1.82, 2.24) is 4.98 Å². The van der Waals surface area contributed by atoms with Crippen LogP contribution in [0.5, 0.6) is 0 Å². The van der Waals surface area contributed by atoms with E-state index in [1.807, 2.05) is 18.2 Å². The van der Waals surface area contributed by atoms with Gasteiger partial charge in [0.2, 0.25) is 0 Å². The van der Waals surface area contributed by atoms with Gasteiger partial charge in [0.05, 0.1) is 0 Å². The molecule has 2 rings (SSSR count). The number of benzene rings is 1. The summed E-state index contributed by atoms with van der Waals surface area (Å²) < 4.78 is 13.0. The highest BCUT2D eigenvalue weighted by molar-refractivity contribution is 5.80. The predicted molar refractivity (Wildman–Crippen MR) is 52.3 cm³/mol. The molecule has 1 N–H and O–H groups in total. The molecule has 0 aliphatic rings. The zero-order valence-corrected chi connectivity index (χ0v) is 7.76. The zero-order chi connectivity index (χ0) is 9.42. The molecule has 0 bridgehead atoms. The summed E-state index contributed by atoms with van der Waals surface area (Å²) in [5.41, 5.74) is 2.11. The topological polar surface area (TPSA) is 15.8 Å². The third kappa shape index (κ3) is 1.32. The van der Waals surface area contributed by atoms with E-state index in [1.54, 1.807) is 0 Å². The van der Waals surface area contributed by atoms with Gasteiger partial charge < -0.3 is 4.98 Å². The molecule has 0 aliphatic carbocycles. The fourth-order valence-electron chi connectivity index (χ4n) is 1.47. The molecule has 2 aromatic rings. The summed E-state index contributed by atoms with van der Waals surface area (Å²) in [6.45, 7) is 4.25. The smallest absolute Gasteiger partial charge is 0.148 e. The second-order valence-electron chi connectivity index (χ2n) is 3.60. The molecule has 1 heterocycles. The highest BCUT2D eigenvalue weighted by Gasteiger charge is 2.04. The Morgan fingerprint density at radius 2 is 2.08 bits per heavy atom. The van der Waals surface area contributed by atoms with Crippen LogP contribution in [0.2, 0.25) is 0 Å². The Labute approximate surface area is 76.6 Å². The fraction of sp³-hybridized carbons (Fsp3) is 0.273. The van der Waals surface area contributed by atoms with Crippen LogP contribution in [-0.2, 0) is 0 Å². The highest BCUT2D eigenvalue weighted by atomic mass is 19.1. The van der Waals surface area contributed by atoms with Gasteiger partial charge in [-0.2, -0.15) is 0 Å².